The van der Waals surface area contributed by atoms with Gasteiger partial charge in [-0.2, -0.15) is 0 Å². The molecule has 5 heteroatoms. The standard InChI is InChI=1S/C12H15FN2O2/c1-3-9(8-14-2)6-10-7-11(15(16)17)4-5-12(10)13/h4-7,14H,3,8H2,1-2H3/b9-6-. The molecule has 0 aliphatic heterocycles. The molecule has 0 aromatic heterocycles. The second kappa shape index (κ2) is 6.10. The number of nitro groups is 1. The van der Waals surface area contributed by atoms with Crippen LogP contribution in [0.25, 0.3) is 6.08 Å². The number of hydrogen-bond donors (Lipinski definition) is 1. The van der Waals surface area contributed by atoms with E-state index in [1.165, 1.54) is 6.07 Å². The summed E-state index contributed by atoms with van der Waals surface area (Å²) in [6.07, 6.45) is 2.42. The molecule has 1 aromatic rings. The quantitative estimate of drug-likeness (QED) is 0.634. The topological polar surface area (TPSA) is 55.2 Å². The van der Waals surface area contributed by atoms with E-state index in [1.54, 1.807) is 13.1 Å². The summed E-state index contributed by atoms with van der Waals surface area (Å²) in [5.74, 6) is -0.447. The Morgan fingerprint density at radius 2 is 2.29 bits per heavy atom. The zero-order chi connectivity index (χ0) is 12.8. The number of rotatable bonds is 5. The number of nitrogens with one attached hydrogen (secondary N) is 1. The summed E-state index contributed by atoms with van der Waals surface area (Å²) >= 11 is 0. The molecule has 0 radical (unpaired) electrons. The van der Waals surface area contributed by atoms with Crippen molar-refractivity contribution in [2.24, 2.45) is 0 Å². The first-order valence-electron chi connectivity index (χ1n) is 5.36. The molecule has 17 heavy (non-hydrogen) atoms. The average molecular weight is 238 g/mol. The van der Waals surface area contributed by atoms with Crippen molar-refractivity contribution in [1.29, 1.82) is 0 Å². The first kappa shape index (κ1) is 13.3. The summed E-state index contributed by atoms with van der Waals surface area (Å²) in [6, 6.07) is 3.54. The largest absolute Gasteiger partial charge is 0.316 e. The van der Waals surface area contributed by atoms with Crippen molar-refractivity contribution in [3.63, 3.8) is 0 Å². The molecule has 0 unspecified atom stereocenters. The fraction of sp³-hybridized carbons (Fsp3) is 0.333. The van der Waals surface area contributed by atoms with E-state index in [4.69, 9.17) is 0 Å². The van der Waals surface area contributed by atoms with Crippen molar-refractivity contribution in [3.8, 4) is 0 Å². The molecule has 0 amide bonds. The summed E-state index contributed by atoms with van der Waals surface area (Å²) in [5.41, 5.74) is 1.15. The van der Waals surface area contributed by atoms with Gasteiger partial charge in [-0.3, -0.25) is 10.1 Å². The highest BCUT2D eigenvalue weighted by atomic mass is 19.1. The molecular formula is C12H15FN2O2. The van der Waals surface area contributed by atoms with Gasteiger partial charge in [0.2, 0.25) is 0 Å². The van der Waals surface area contributed by atoms with Crippen LogP contribution < -0.4 is 5.32 Å². The van der Waals surface area contributed by atoms with Gasteiger partial charge in [-0.25, -0.2) is 4.39 Å². The minimum absolute atomic E-state index is 0.0995. The summed E-state index contributed by atoms with van der Waals surface area (Å²) in [6.45, 7) is 2.59. The maximum absolute atomic E-state index is 13.5. The molecule has 4 nitrogen and oxygen atoms in total. The fourth-order valence-corrected chi connectivity index (χ4v) is 1.48. The van der Waals surface area contributed by atoms with Crippen LogP contribution in [0.1, 0.15) is 18.9 Å². The van der Waals surface area contributed by atoms with Gasteiger partial charge in [0, 0.05) is 24.2 Å². The Bertz CT molecular complexity index is 444. The van der Waals surface area contributed by atoms with E-state index in [-0.39, 0.29) is 11.3 Å². The monoisotopic (exact) mass is 238 g/mol. The molecule has 0 heterocycles. The Morgan fingerprint density at radius 3 is 2.82 bits per heavy atom. The summed E-state index contributed by atoms with van der Waals surface area (Å²) in [7, 11) is 1.80. The van der Waals surface area contributed by atoms with E-state index in [0.29, 0.717) is 6.54 Å². The van der Waals surface area contributed by atoms with Gasteiger partial charge in [-0.15, -0.1) is 0 Å². The number of benzene rings is 1. The lowest BCUT2D eigenvalue weighted by Crippen LogP contribution is -2.09. The second-order valence-corrected chi connectivity index (χ2v) is 3.65. The number of halogens is 1. The van der Waals surface area contributed by atoms with Crippen molar-refractivity contribution in [2.75, 3.05) is 13.6 Å². The highest BCUT2D eigenvalue weighted by Crippen LogP contribution is 2.19. The first-order chi connectivity index (χ1) is 8.08. The third kappa shape index (κ3) is 3.64. The second-order valence-electron chi connectivity index (χ2n) is 3.65. The minimum Gasteiger partial charge on any atom is -0.316 e. The fourth-order valence-electron chi connectivity index (χ4n) is 1.48. The van der Waals surface area contributed by atoms with Gasteiger partial charge < -0.3 is 5.32 Å². The van der Waals surface area contributed by atoms with Crippen molar-refractivity contribution in [1.82, 2.24) is 5.32 Å². The Morgan fingerprint density at radius 1 is 1.59 bits per heavy atom. The van der Waals surface area contributed by atoms with Crippen LogP contribution in [0.4, 0.5) is 10.1 Å². The van der Waals surface area contributed by atoms with E-state index in [2.05, 4.69) is 5.32 Å². The highest BCUT2D eigenvalue weighted by Gasteiger charge is 2.09. The zero-order valence-electron chi connectivity index (χ0n) is 9.87. The Hall–Kier alpha value is -1.75. The van der Waals surface area contributed by atoms with Gasteiger partial charge >= 0.3 is 0 Å². The van der Waals surface area contributed by atoms with Gasteiger partial charge in [0.25, 0.3) is 5.69 Å². The molecule has 0 saturated heterocycles. The molecular weight excluding hydrogens is 223 g/mol. The smallest absolute Gasteiger partial charge is 0.270 e. The number of hydrogen-bond acceptors (Lipinski definition) is 3. The zero-order valence-corrected chi connectivity index (χ0v) is 9.87. The molecule has 0 bridgehead atoms. The van der Waals surface area contributed by atoms with Crippen molar-refractivity contribution in [3.05, 3.63) is 45.3 Å². The molecule has 0 aliphatic carbocycles. The van der Waals surface area contributed by atoms with Crippen LogP contribution in [0, 0.1) is 15.9 Å². The third-order valence-corrected chi connectivity index (χ3v) is 2.41. The van der Waals surface area contributed by atoms with Gasteiger partial charge in [0.15, 0.2) is 0 Å². The lowest BCUT2D eigenvalue weighted by atomic mass is 10.1. The van der Waals surface area contributed by atoms with Crippen LogP contribution in [-0.2, 0) is 0 Å². The minimum atomic E-state index is -0.527. The lowest BCUT2D eigenvalue weighted by Gasteiger charge is -2.04. The van der Waals surface area contributed by atoms with Crippen molar-refractivity contribution in [2.45, 2.75) is 13.3 Å². The SMILES string of the molecule is CC/C(=C/c1cc([N+](=O)[O-])ccc1F)CNC. The number of nitrogens with zero attached hydrogens (tertiary/aromatic N) is 1. The van der Waals surface area contributed by atoms with Crippen LogP contribution in [-0.4, -0.2) is 18.5 Å². The van der Waals surface area contributed by atoms with Crippen LogP contribution in [0.15, 0.2) is 23.8 Å². The van der Waals surface area contributed by atoms with E-state index >= 15 is 0 Å². The van der Waals surface area contributed by atoms with Gasteiger partial charge in [-0.05, 0) is 19.5 Å². The summed E-state index contributed by atoms with van der Waals surface area (Å²) < 4.78 is 13.5. The molecule has 0 fully saturated rings. The molecule has 1 N–H and O–H groups in total. The molecule has 1 rings (SSSR count). The normalized spacial score (nSPS) is 11.6. The molecule has 0 spiro atoms. The molecule has 92 valence electrons. The maximum Gasteiger partial charge on any atom is 0.270 e. The molecule has 1 aromatic carbocycles. The van der Waals surface area contributed by atoms with E-state index in [0.717, 1.165) is 24.1 Å². The predicted molar refractivity (Wildman–Crippen MR) is 65.2 cm³/mol. The van der Waals surface area contributed by atoms with Crippen molar-refractivity contribution < 1.29 is 9.31 Å². The third-order valence-electron chi connectivity index (χ3n) is 2.41. The van der Waals surface area contributed by atoms with Crippen molar-refractivity contribution >= 4 is 11.8 Å². The highest BCUT2D eigenvalue weighted by molar-refractivity contribution is 5.57. The molecule has 0 saturated carbocycles. The number of nitro benzene ring substituents is 1. The predicted octanol–water partition coefficient (Wildman–Crippen LogP) is 2.75. The maximum atomic E-state index is 13.5. The van der Waals surface area contributed by atoms with E-state index in [1.807, 2.05) is 6.92 Å². The average Bonchev–Trinajstić information content (AvgIpc) is 2.30. The Kier molecular flexibility index (Phi) is 4.78. The van der Waals surface area contributed by atoms with Crippen LogP contribution in [0.2, 0.25) is 0 Å². The van der Waals surface area contributed by atoms with E-state index in [9.17, 15) is 14.5 Å². The van der Waals surface area contributed by atoms with Crippen LogP contribution in [0.3, 0.4) is 0 Å². The number of likely N-dealkylation sites (N-methyl/N-ethyl adjacent to an activating group) is 1. The molecule has 0 aliphatic rings. The first-order valence-corrected chi connectivity index (χ1v) is 5.36. The van der Waals surface area contributed by atoms with Crippen LogP contribution in [0.5, 0.6) is 0 Å². The Labute approximate surface area is 99.3 Å². The van der Waals surface area contributed by atoms with Gasteiger partial charge in [0.05, 0.1) is 4.92 Å². The number of non-ortho nitro benzene ring substituents is 1. The summed E-state index contributed by atoms with van der Waals surface area (Å²) in [4.78, 5) is 10.1. The van der Waals surface area contributed by atoms with Gasteiger partial charge in [-0.1, -0.05) is 18.6 Å². The molecule has 0 atom stereocenters. The Balaban J connectivity index is 3.11. The summed E-state index contributed by atoms with van der Waals surface area (Å²) in [5, 5.41) is 13.6. The lowest BCUT2D eigenvalue weighted by molar-refractivity contribution is -0.384. The van der Waals surface area contributed by atoms with Gasteiger partial charge in [0.1, 0.15) is 5.82 Å². The van der Waals surface area contributed by atoms with Crippen LogP contribution >= 0.6 is 0 Å². The van der Waals surface area contributed by atoms with E-state index < -0.39 is 10.7 Å².